The van der Waals surface area contributed by atoms with Crippen molar-refractivity contribution in [3.8, 4) is 44.5 Å². The Hall–Kier alpha value is -7.36. The van der Waals surface area contributed by atoms with Gasteiger partial charge in [0.1, 0.15) is 0 Å². The van der Waals surface area contributed by atoms with Gasteiger partial charge in [-0.15, -0.1) is 0 Å². The number of hydrogen-bond acceptors (Lipinski definition) is 2. The van der Waals surface area contributed by atoms with E-state index in [-0.39, 0.29) is 23.1 Å². The first-order chi connectivity index (χ1) is 34.7. The van der Waals surface area contributed by atoms with Gasteiger partial charge in [0.2, 0.25) is 0 Å². The number of anilines is 5. The van der Waals surface area contributed by atoms with Gasteiger partial charge in [0.15, 0.2) is 0 Å². The molecule has 3 aliphatic heterocycles. The monoisotopic (exact) mass is 926 g/mol. The molecule has 3 heterocycles. The molecule has 3 heteroatoms. The minimum absolute atomic E-state index is 0.0317. The fraction of sp³-hybridized carbons (Fsp3) is 0.217. The van der Waals surface area contributed by atoms with Gasteiger partial charge in [-0.2, -0.15) is 0 Å². The van der Waals surface area contributed by atoms with Crippen LogP contribution in [0.15, 0.2) is 170 Å². The Kier molecular flexibility index (Phi) is 8.22. The fourth-order valence-corrected chi connectivity index (χ4v) is 15.6. The fourth-order valence-electron chi connectivity index (χ4n) is 15.6. The predicted octanol–water partition coefficient (Wildman–Crippen LogP) is 16.3. The number of nitrogens with zero attached hydrogens (tertiary/aromatic N) is 2. The highest BCUT2D eigenvalue weighted by atomic mass is 15.2. The van der Waals surface area contributed by atoms with E-state index >= 15 is 0 Å². The highest BCUT2D eigenvalue weighted by Gasteiger charge is 2.57. The maximum absolute atomic E-state index is 2.85. The zero-order valence-corrected chi connectivity index (χ0v) is 43.1. The molecule has 0 aromatic heterocycles. The second-order valence-electron chi connectivity index (χ2n) is 24.0. The predicted molar refractivity (Wildman–Crippen MR) is 304 cm³/mol. The van der Waals surface area contributed by atoms with E-state index in [0.717, 1.165) is 6.42 Å². The molecule has 72 heavy (non-hydrogen) atoms. The molecule has 0 N–H and O–H groups in total. The molecule has 0 fully saturated rings. The molecule has 0 unspecified atom stereocenters. The molecule has 15 rings (SSSR count). The van der Waals surface area contributed by atoms with Crippen LogP contribution in [0.25, 0.3) is 44.5 Å². The largest absolute Gasteiger partial charge is 0.376 e. The molecule has 2 nitrogen and oxygen atoms in total. The summed E-state index contributed by atoms with van der Waals surface area (Å²) in [4.78, 5) is 5.56. The van der Waals surface area contributed by atoms with Gasteiger partial charge < -0.3 is 9.71 Å². The highest BCUT2D eigenvalue weighted by molar-refractivity contribution is 6.93. The standard InChI is InChI=1S/C69H59BN2/c1-40-35-41(2)61(42(3)36-40)43-37-50-49-31-30-48-47-21-10-13-22-51(47)68(8,9)62(48)64(49)72(44-29-32-54-57(39-44)67(6,7)34-33-66(54,4)5)70-58-27-18-26-56-65(58)71(60(38-43)63(50)70)59-28-17-16-25-55(59)69(56)52-23-14-11-19-45(52)46-20-12-15-24-53(46)69/h10-32,35-39H,33-34H2,1-9H3. The Bertz CT molecular complexity index is 3850. The average Bonchev–Trinajstić information content (AvgIpc) is 3.80. The molecule has 0 bridgehead atoms. The van der Waals surface area contributed by atoms with E-state index in [9.17, 15) is 0 Å². The normalized spacial score (nSPS) is 17.5. The topological polar surface area (TPSA) is 6.48 Å². The van der Waals surface area contributed by atoms with Crippen LogP contribution >= 0.6 is 0 Å². The summed E-state index contributed by atoms with van der Waals surface area (Å²) in [5, 5.41) is 0. The minimum atomic E-state index is -0.530. The zero-order chi connectivity index (χ0) is 49.0. The summed E-state index contributed by atoms with van der Waals surface area (Å²) in [5.41, 5.74) is 34.2. The zero-order valence-electron chi connectivity index (χ0n) is 43.1. The van der Waals surface area contributed by atoms with Crippen molar-refractivity contribution in [3.05, 3.63) is 231 Å². The second kappa shape index (κ2) is 14.0. The lowest BCUT2D eigenvalue weighted by Crippen LogP contribution is -2.63. The van der Waals surface area contributed by atoms with Crippen molar-refractivity contribution in [2.24, 2.45) is 0 Å². The summed E-state index contributed by atoms with van der Waals surface area (Å²) < 4.78 is 0. The second-order valence-corrected chi connectivity index (χ2v) is 24.0. The van der Waals surface area contributed by atoms with Crippen molar-refractivity contribution in [1.82, 2.24) is 0 Å². The van der Waals surface area contributed by atoms with Crippen LogP contribution in [0.3, 0.4) is 0 Å². The van der Waals surface area contributed by atoms with Crippen molar-refractivity contribution in [3.63, 3.8) is 0 Å². The van der Waals surface area contributed by atoms with Crippen molar-refractivity contribution in [1.29, 1.82) is 0 Å². The van der Waals surface area contributed by atoms with Crippen LogP contribution in [0, 0.1) is 20.8 Å². The molecule has 9 aromatic carbocycles. The Morgan fingerprint density at radius 2 is 1.01 bits per heavy atom. The first-order valence-corrected chi connectivity index (χ1v) is 26.4. The van der Waals surface area contributed by atoms with Crippen LogP contribution < -0.4 is 20.6 Å². The molecular formula is C69H59BN2. The molecule has 0 radical (unpaired) electrons. The lowest BCUT2D eigenvalue weighted by molar-refractivity contribution is 0.332. The lowest BCUT2D eigenvalue weighted by Gasteiger charge is -2.52. The van der Waals surface area contributed by atoms with E-state index in [4.69, 9.17) is 0 Å². The molecule has 0 atom stereocenters. The summed E-state index contributed by atoms with van der Waals surface area (Å²) >= 11 is 0. The Labute approximate surface area is 426 Å². The summed E-state index contributed by atoms with van der Waals surface area (Å²) in [7, 11) is 0. The third-order valence-electron chi connectivity index (χ3n) is 18.7. The van der Waals surface area contributed by atoms with Crippen LogP contribution in [0.5, 0.6) is 0 Å². The molecule has 0 amide bonds. The van der Waals surface area contributed by atoms with E-state index < -0.39 is 5.41 Å². The van der Waals surface area contributed by atoms with Gasteiger partial charge in [0.25, 0.3) is 0 Å². The molecule has 6 aliphatic rings. The number of para-hydroxylation sites is 2. The Morgan fingerprint density at radius 3 is 1.71 bits per heavy atom. The van der Waals surface area contributed by atoms with Crippen LogP contribution in [-0.4, -0.2) is 6.85 Å². The van der Waals surface area contributed by atoms with Crippen molar-refractivity contribution < 1.29 is 0 Å². The van der Waals surface area contributed by atoms with Gasteiger partial charge in [0.05, 0.1) is 11.1 Å². The summed E-state index contributed by atoms with van der Waals surface area (Å²) in [6.07, 6.45) is 2.34. The van der Waals surface area contributed by atoms with Gasteiger partial charge in [-0.25, -0.2) is 0 Å². The third kappa shape index (κ3) is 5.12. The number of fused-ring (bicyclic) bond motifs is 18. The molecule has 3 aliphatic carbocycles. The molecule has 9 aromatic rings. The van der Waals surface area contributed by atoms with Gasteiger partial charge in [0, 0.05) is 33.7 Å². The molecule has 348 valence electrons. The van der Waals surface area contributed by atoms with Crippen LogP contribution in [0.2, 0.25) is 0 Å². The molecule has 0 saturated carbocycles. The van der Waals surface area contributed by atoms with E-state index in [1.54, 1.807) is 0 Å². The Balaban J connectivity index is 1.13. The quantitative estimate of drug-likeness (QED) is 0.159. The van der Waals surface area contributed by atoms with E-state index in [1.165, 1.54) is 151 Å². The van der Waals surface area contributed by atoms with Crippen molar-refractivity contribution in [2.45, 2.75) is 96.8 Å². The third-order valence-corrected chi connectivity index (χ3v) is 18.7. The SMILES string of the molecule is Cc1cc(C)c(-c2cc3c4c(c2)N2c5ccccc5C5(c6ccccc6-c6ccccc65)c5cccc(c52)B4N(c2ccc4c(c2)C(C)(C)CCC4(C)C)c2c-3ccc3c2C(C)(C)c2ccccc2-3)c(C)c1. The first kappa shape index (κ1) is 42.3. The summed E-state index contributed by atoms with van der Waals surface area (Å²) in [6.45, 7) is 21.6. The molecular weight excluding hydrogens is 868 g/mol. The average molecular weight is 927 g/mol. The maximum Gasteiger partial charge on any atom is 0.333 e. The number of hydrogen-bond donors (Lipinski definition) is 0. The van der Waals surface area contributed by atoms with Crippen molar-refractivity contribution >= 4 is 46.2 Å². The van der Waals surface area contributed by atoms with E-state index in [0.29, 0.717) is 0 Å². The first-order valence-electron chi connectivity index (χ1n) is 26.4. The highest BCUT2D eigenvalue weighted by Crippen LogP contribution is 2.65. The van der Waals surface area contributed by atoms with Crippen LogP contribution in [0.1, 0.15) is 116 Å². The van der Waals surface area contributed by atoms with Crippen LogP contribution in [0.4, 0.5) is 28.4 Å². The van der Waals surface area contributed by atoms with E-state index in [2.05, 4.69) is 242 Å². The number of aryl methyl sites for hydroxylation is 3. The van der Waals surface area contributed by atoms with Gasteiger partial charge in [-0.05, 0) is 180 Å². The Morgan fingerprint density at radius 1 is 0.431 bits per heavy atom. The number of benzene rings is 9. The van der Waals surface area contributed by atoms with E-state index in [1.807, 2.05) is 0 Å². The molecule has 1 spiro atoms. The van der Waals surface area contributed by atoms with Gasteiger partial charge >= 0.3 is 6.85 Å². The summed E-state index contributed by atoms with van der Waals surface area (Å²) in [6, 6.07) is 67.0. The minimum Gasteiger partial charge on any atom is -0.376 e. The van der Waals surface area contributed by atoms with Gasteiger partial charge in [-0.1, -0.05) is 187 Å². The smallest absolute Gasteiger partial charge is 0.333 e. The van der Waals surface area contributed by atoms with Gasteiger partial charge in [-0.3, -0.25) is 0 Å². The van der Waals surface area contributed by atoms with Crippen molar-refractivity contribution in [2.75, 3.05) is 9.71 Å². The summed E-state index contributed by atoms with van der Waals surface area (Å²) in [5.74, 6) is 0. The maximum atomic E-state index is 2.85. The number of rotatable bonds is 2. The van der Waals surface area contributed by atoms with Crippen LogP contribution in [-0.2, 0) is 21.7 Å². The molecule has 0 saturated heterocycles. The lowest BCUT2D eigenvalue weighted by atomic mass is 9.42.